The van der Waals surface area contributed by atoms with E-state index in [4.69, 9.17) is 9.47 Å². The molecule has 5 atom stereocenters. The Morgan fingerprint density at radius 2 is 2.04 bits per heavy atom. The molecule has 0 aliphatic carbocycles. The molecule has 6 nitrogen and oxygen atoms in total. The molecule has 1 saturated heterocycles. The molecule has 2 aliphatic heterocycles. The molecule has 2 N–H and O–H groups in total. The number of aliphatic imine (C=N–C) groups is 1. The molecule has 23 heavy (non-hydrogen) atoms. The maximum atomic E-state index is 10.7. The molecule has 0 amide bonds. The van der Waals surface area contributed by atoms with E-state index in [1.165, 1.54) is 11.8 Å². The van der Waals surface area contributed by atoms with Crippen LogP contribution in [0.1, 0.15) is 5.56 Å². The number of rotatable bonds is 4. The van der Waals surface area contributed by atoms with Crippen molar-refractivity contribution in [1.29, 1.82) is 0 Å². The third kappa shape index (κ3) is 3.54. The lowest BCUT2D eigenvalue weighted by molar-refractivity contribution is -0.188. The van der Waals surface area contributed by atoms with Gasteiger partial charge in [0.05, 0.1) is 13.2 Å². The largest absolute Gasteiger partial charge is 0.394 e. The maximum Gasteiger partial charge on any atom is 0.161 e. The summed E-state index contributed by atoms with van der Waals surface area (Å²) in [5.41, 5.74) is 0.730. The number of amidine groups is 1. The molecule has 1 aromatic carbocycles. The van der Waals surface area contributed by atoms with Gasteiger partial charge >= 0.3 is 0 Å². The van der Waals surface area contributed by atoms with E-state index in [1.807, 2.05) is 49.3 Å². The lowest BCUT2D eigenvalue weighted by Crippen LogP contribution is -2.56. The number of benzene rings is 1. The first-order chi connectivity index (χ1) is 11.1. The Labute approximate surface area is 140 Å². The van der Waals surface area contributed by atoms with Gasteiger partial charge in [-0.2, -0.15) is 0 Å². The average molecular weight is 338 g/mol. The van der Waals surface area contributed by atoms with Gasteiger partial charge in [-0.3, -0.25) is 4.99 Å². The van der Waals surface area contributed by atoms with Crippen molar-refractivity contribution in [2.75, 3.05) is 20.7 Å². The zero-order valence-electron chi connectivity index (χ0n) is 13.2. The van der Waals surface area contributed by atoms with Gasteiger partial charge in [-0.05, 0) is 5.56 Å². The summed E-state index contributed by atoms with van der Waals surface area (Å²) in [6.45, 7) is 0.162. The van der Waals surface area contributed by atoms with Crippen LogP contribution in [0, 0.1) is 0 Å². The summed E-state index contributed by atoms with van der Waals surface area (Å²) in [6, 6.07) is 9.36. The number of ether oxygens (including phenoxy) is 2. The van der Waals surface area contributed by atoms with Gasteiger partial charge in [-0.1, -0.05) is 42.1 Å². The standard InChI is InChI=1S/C16H22N2O4S/c1-18(2)16-17-12-13(20)14(11(8-19)22-15(12)23-16)21-9-10-6-4-3-5-7-10/h3-7,11-15,19-20H,8-9H2,1-2H3. The fourth-order valence-electron chi connectivity index (χ4n) is 2.74. The van der Waals surface area contributed by atoms with Crippen molar-refractivity contribution in [3.05, 3.63) is 35.9 Å². The molecule has 1 fully saturated rings. The molecular formula is C16H22N2O4S. The van der Waals surface area contributed by atoms with Crippen LogP contribution in [0.3, 0.4) is 0 Å². The summed E-state index contributed by atoms with van der Waals surface area (Å²) in [5.74, 6) is 0. The van der Waals surface area contributed by atoms with Crippen LogP contribution < -0.4 is 0 Å². The Morgan fingerprint density at radius 1 is 1.30 bits per heavy atom. The maximum absolute atomic E-state index is 10.7. The fraction of sp³-hybridized carbons (Fsp3) is 0.562. The zero-order valence-corrected chi connectivity index (χ0v) is 14.0. The molecule has 1 aromatic rings. The number of nitrogens with zero attached hydrogens (tertiary/aromatic N) is 2. The Bertz CT molecular complexity index is 554. The van der Waals surface area contributed by atoms with E-state index in [9.17, 15) is 10.2 Å². The number of hydrogen-bond acceptors (Lipinski definition) is 7. The van der Waals surface area contributed by atoms with E-state index in [-0.39, 0.29) is 18.1 Å². The van der Waals surface area contributed by atoms with Crippen molar-refractivity contribution in [3.63, 3.8) is 0 Å². The predicted octanol–water partition coefficient (Wildman–Crippen LogP) is 0.683. The Morgan fingerprint density at radius 3 is 2.70 bits per heavy atom. The number of hydrogen-bond donors (Lipinski definition) is 2. The lowest BCUT2D eigenvalue weighted by Gasteiger charge is -2.39. The normalized spacial score (nSPS) is 33.2. The van der Waals surface area contributed by atoms with E-state index in [0.29, 0.717) is 6.61 Å². The van der Waals surface area contributed by atoms with Gasteiger partial charge in [0.25, 0.3) is 0 Å². The highest BCUT2D eigenvalue weighted by Gasteiger charge is 2.49. The molecule has 0 aromatic heterocycles. The van der Waals surface area contributed by atoms with Crippen LogP contribution in [0.15, 0.2) is 35.3 Å². The van der Waals surface area contributed by atoms with Crippen molar-refractivity contribution in [2.45, 2.75) is 36.4 Å². The third-order valence-corrected chi connectivity index (χ3v) is 5.27. The minimum absolute atomic E-state index is 0.197. The number of aliphatic hydroxyl groups excluding tert-OH is 2. The predicted molar refractivity (Wildman–Crippen MR) is 89.3 cm³/mol. The average Bonchev–Trinajstić information content (AvgIpc) is 2.99. The summed E-state index contributed by atoms with van der Waals surface area (Å²) >= 11 is 1.47. The van der Waals surface area contributed by atoms with Crippen molar-refractivity contribution < 1.29 is 19.7 Å². The van der Waals surface area contributed by atoms with Crippen molar-refractivity contribution >= 4 is 16.9 Å². The van der Waals surface area contributed by atoms with Gasteiger partial charge in [0.15, 0.2) is 5.17 Å². The van der Waals surface area contributed by atoms with E-state index in [1.54, 1.807) is 0 Å². The molecule has 0 saturated carbocycles. The molecule has 7 heteroatoms. The number of thioether (sulfide) groups is 1. The first-order valence-corrected chi connectivity index (χ1v) is 8.50. The van der Waals surface area contributed by atoms with Crippen LogP contribution in [-0.2, 0) is 16.1 Å². The molecular weight excluding hydrogens is 316 g/mol. The highest BCUT2D eigenvalue weighted by atomic mass is 32.2. The summed E-state index contributed by atoms with van der Waals surface area (Å²) in [6.07, 6.45) is -1.97. The molecule has 0 radical (unpaired) electrons. The second-order valence-corrected chi connectivity index (χ2v) is 6.96. The monoisotopic (exact) mass is 338 g/mol. The van der Waals surface area contributed by atoms with Gasteiger partial charge in [-0.25, -0.2) is 0 Å². The first kappa shape index (κ1) is 16.7. The highest BCUT2D eigenvalue weighted by Crippen LogP contribution is 2.37. The Kier molecular flexibility index (Phi) is 5.23. The van der Waals surface area contributed by atoms with Crippen LogP contribution >= 0.6 is 11.8 Å². The second-order valence-electron chi connectivity index (χ2n) is 5.89. The van der Waals surface area contributed by atoms with Crippen LogP contribution in [0.2, 0.25) is 0 Å². The van der Waals surface area contributed by atoms with Gasteiger partial charge in [0.1, 0.15) is 29.8 Å². The van der Waals surface area contributed by atoms with E-state index in [0.717, 1.165) is 10.7 Å². The Balaban J connectivity index is 1.71. The van der Waals surface area contributed by atoms with Crippen molar-refractivity contribution in [3.8, 4) is 0 Å². The van der Waals surface area contributed by atoms with E-state index >= 15 is 0 Å². The lowest BCUT2D eigenvalue weighted by atomic mass is 9.98. The number of aliphatic hydroxyl groups is 2. The van der Waals surface area contributed by atoms with Crippen molar-refractivity contribution in [2.24, 2.45) is 4.99 Å². The summed E-state index contributed by atoms with van der Waals surface area (Å²) < 4.78 is 11.8. The quantitative estimate of drug-likeness (QED) is 0.841. The summed E-state index contributed by atoms with van der Waals surface area (Å²) in [4.78, 5) is 6.43. The van der Waals surface area contributed by atoms with Gasteiger partial charge in [0.2, 0.25) is 0 Å². The molecule has 5 unspecified atom stereocenters. The fourth-order valence-corrected chi connectivity index (χ4v) is 3.90. The molecule has 3 rings (SSSR count). The van der Waals surface area contributed by atoms with E-state index in [2.05, 4.69) is 4.99 Å². The SMILES string of the molecule is CN(C)C1=NC2C(OC(CO)C(OCc3ccccc3)C2O)S1. The van der Waals surface area contributed by atoms with Gasteiger partial charge in [-0.15, -0.1) is 0 Å². The molecule has 0 spiro atoms. The molecule has 2 heterocycles. The van der Waals surface area contributed by atoms with Crippen LogP contribution in [0.4, 0.5) is 0 Å². The van der Waals surface area contributed by atoms with Crippen molar-refractivity contribution in [1.82, 2.24) is 4.90 Å². The summed E-state index contributed by atoms with van der Waals surface area (Å²) in [7, 11) is 3.81. The third-order valence-electron chi connectivity index (χ3n) is 3.97. The van der Waals surface area contributed by atoms with Crippen LogP contribution in [-0.4, -0.2) is 70.8 Å². The smallest absolute Gasteiger partial charge is 0.161 e. The van der Waals surface area contributed by atoms with Gasteiger partial charge < -0.3 is 24.6 Å². The van der Waals surface area contributed by atoms with Crippen LogP contribution in [0.25, 0.3) is 0 Å². The zero-order chi connectivity index (χ0) is 16.4. The highest BCUT2D eigenvalue weighted by molar-refractivity contribution is 8.14. The van der Waals surface area contributed by atoms with E-state index < -0.39 is 18.3 Å². The Hall–Kier alpha value is -1.12. The minimum Gasteiger partial charge on any atom is -0.394 e. The topological polar surface area (TPSA) is 74.5 Å². The van der Waals surface area contributed by atoms with Gasteiger partial charge in [0, 0.05) is 14.1 Å². The molecule has 2 aliphatic rings. The number of fused-ring (bicyclic) bond motifs is 1. The second kappa shape index (κ2) is 7.19. The van der Waals surface area contributed by atoms with Crippen LogP contribution in [0.5, 0.6) is 0 Å². The minimum atomic E-state index is -0.806. The summed E-state index contributed by atoms with van der Waals surface area (Å²) in [5, 5.41) is 21.1. The molecule has 126 valence electrons. The molecule has 0 bridgehead atoms. The first-order valence-electron chi connectivity index (χ1n) is 7.62.